The Morgan fingerprint density at radius 1 is 0.794 bits per heavy atom. The molecule has 0 unspecified atom stereocenters. The van der Waals surface area contributed by atoms with Crippen molar-refractivity contribution in [2.45, 2.75) is 13.5 Å². The van der Waals surface area contributed by atoms with Crippen molar-refractivity contribution in [3.05, 3.63) is 79.1 Å². The van der Waals surface area contributed by atoms with Crippen molar-refractivity contribution in [2.24, 2.45) is 0 Å². The Morgan fingerprint density at radius 2 is 1.68 bits per heavy atom. The third-order valence-corrected chi connectivity index (χ3v) is 5.87. The number of rotatable bonds is 6. The van der Waals surface area contributed by atoms with Gasteiger partial charge in [0.15, 0.2) is 0 Å². The van der Waals surface area contributed by atoms with E-state index in [0.717, 1.165) is 74.4 Å². The topological polar surface area (TPSA) is 108 Å². The summed E-state index contributed by atoms with van der Waals surface area (Å²) in [6, 6.07) is 12.2. The molecule has 0 bridgehead atoms. The van der Waals surface area contributed by atoms with Gasteiger partial charge in [0.05, 0.1) is 28.8 Å². The molecular weight excluding hydrogens is 424 g/mol. The van der Waals surface area contributed by atoms with Crippen molar-refractivity contribution >= 4 is 21.8 Å². The van der Waals surface area contributed by atoms with Crippen molar-refractivity contribution in [3.63, 3.8) is 0 Å². The number of nitrogens with one attached hydrogen (secondary N) is 3. The molecule has 34 heavy (non-hydrogen) atoms. The lowest BCUT2D eigenvalue weighted by molar-refractivity contribution is 0.724. The van der Waals surface area contributed by atoms with Crippen LogP contribution in [-0.4, -0.2) is 41.7 Å². The average Bonchev–Trinajstić information content (AvgIpc) is 3.51. The minimum atomic E-state index is 0.777. The second-order valence-corrected chi connectivity index (χ2v) is 8.09. The lowest BCUT2D eigenvalue weighted by Gasteiger charge is -2.05. The smallest absolute Gasteiger partial charge is 0.116 e. The largest absolute Gasteiger partial charge is 0.353 e. The number of pyridine rings is 4. The first-order valence-electron chi connectivity index (χ1n) is 11.2. The van der Waals surface area contributed by atoms with Crippen LogP contribution in [0.3, 0.4) is 0 Å². The molecule has 6 aromatic rings. The Hall–Kier alpha value is -4.43. The van der Waals surface area contributed by atoms with Gasteiger partial charge in [-0.15, -0.1) is 0 Å². The van der Waals surface area contributed by atoms with Crippen LogP contribution in [0.2, 0.25) is 0 Å². The van der Waals surface area contributed by atoms with Gasteiger partial charge in [-0.05, 0) is 48.5 Å². The Labute approximate surface area is 195 Å². The van der Waals surface area contributed by atoms with Gasteiger partial charge < -0.3 is 10.3 Å². The lowest BCUT2D eigenvalue weighted by Crippen LogP contribution is -2.11. The monoisotopic (exact) mass is 446 g/mol. The third kappa shape index (κ3) is 3.60. The van der Waals surface area contributed by atoms with E-state index in [-0.39, 0.29) is 0 Å². The third-order valence-electron chi connectivity index (χ3n) is 5.87. The first-order chi connectivity index (χ1) is 16.8. The normalized spacial score (nSPS) is 11.4. The molecule has 0 amide bonds. The number of H-pyrrole nitrogens is 2. The molecule has 0 radical (unpaired) electrons. The van der Waals surface area contributed by atoms with Crippen LogP contribution in [0.15, 0.2) is 73.6 Å². The van der Waals surface area contributed by atoms with Crippen LogP contribution in [0.4, 0.5) is 0 Å². The Balaban J connectivity index is 1.44. The van der Waals surface area contributed by atoms with E-state index in [9.17, 15) is 0 Å². The SMILES string of the molecule is CCNCc1cncc(-c2cc3c(-c4cc5c(-c6ccncc6)nccc5[nH]4)n[nH]c3cn2)c1. The molecule has 6 heterocycles. The zero-order valence-corrected chi connectivity index (χ0v) is 18.6. The Morgan fingerprint density at radius 3 is 2.56 bits per heavy atom. The highest BCUT2D eigenvalue weighted by Crippen LogP contribution is 2.33. The van der Waals surface area contributed by atoms with Gasteiger partial charge in [-0.2, -0.15) is 5.10 Å². The summed E-state index contributed by atoms with van der Waals surface area (Å²) in [5, 5.41) is 13.1. The number of hydrogen-bond acceptors (Lipinski definition) is 6. The van der Waals surface area contributed by atoms with Crippen LogP contribution < -0.4 is 5.32 Å². The average molecular weight is 447 g/mol. The van der Waals surface area contributed by atoms with E-state index in [4.69, 9.17) is 0 Å². The number of fused-ring (bicyclic) bond motifs is 2. The highest BCUT2D eigenvalue weighted by molar-refractivity contribution is 6.00. The number of nitrogens with zero attached hydrogens (tertiary/aromatic N) is 5. The van der Waals surface area contributed by atoms with Crippen LogP contribution in [0.25, 0.3) is 55.7 Å². The summed E-state index contributed by atoms with van der Waals surface area (Å²) in [7, 11) is 0. The molecule has 0 aliphatic heterocycles. The fraction of sp³-hybridized carbons (Fsp3) is 0.115. The van der Waals surface area contributed by atoms with E-state index in [2.05, 4.69) is 65.6 Å². The van der Waals surface area contributed by atoms with Crippen molar-refractivity contribution in [1.29, 1.82) is 0 Å². The van der Waals surface area contributed by atoms with Gasteiger partial charge in [-0.1, -0.05) is 6.92 Å². The fourth-order valence-electron chi connectivity index (χ4n) is 4.19. The maximum atomic E-state index is 4.64. The fourth-order valence-corrected chi connectivity index (χ4v) is 4.19. The molecule has 3 N–H and O–H groups in total. The summed E-state index contributed by atoms with van der Waals surface area (Å²) < 4.78 is 0. The Kier molecular flexibility index (Phi) is 5.04. The molecule has 6 rings (SSSR count). The molecule has 0 saturated carbocycles. The van der Waals surface area contributed by atoms with Gasteiger partial charge in [0, 0.05) is 64.9 Å². The number of aromatic nitrogens is 7. The van der Waals surface area contributed by atoms with Crippen molar-refractivity contribution in [2.75, 3.05) is 6.54 Å². The van der Waals surface area contributed by atoms with Crippen LogP contribution >= 0.6 is 0 Å². The van der Waals surface area contributed by atoms with Crippen LogP contribution in [0.1, 0.15) is 12.5 Å². The predicted molar refractivity (Wildman–Crippen MR) is 133 cm³/mol. The van der Waals surface area contributed by atoms with Gasteiger partial charge in [0.1, 0.15) is 5.69 Å². The molecule has 0 saturated heterocycles. The molecule has 0 aliphatic carbocycles. The van der Waals surface area contributed by atoms with Gasteiger partial charge in [0.25, 0.3) is 0 Å². The van der Waals surface area contributed by atoms with Gasteiger partial charge in [-0.25, -0.2) is 0 Å². The van der Waals surface area contributed by atoms with Crippen LogP contribution in [0, 0.1) is 0 Å². The zero-order chi connectivity index (χ0) is 22.9. The Bertz CT molecular complexity index is 1600. The highest BCUT2D eigenvalue weighted by atomic mass is 15.1. The summed E-state index contributed by atoms with van der Waals surface area (Å²) in [6.07, 6.45) is 10.9. The molecular formula is C26H22N8. The maximum Gasteiger partial charge on any atom is 0.116 e. The molecule has 8 heteroatoms. The molecule has 6 aromatic heterocycles. The van der Waals surface area contributed by atoms with E-state index in [1.807, 2.05) is 43.0 Å². The van der Waals surface area contributed by atoms with Gasteiger partial charge in [-0.3, -0.25) is 25.0 Å². The zero-order valence-electron chi connectivity index (χ0n) is 18.6. The molecule has 0 aromatic carbocycles. The van der Waals surface area contributed by atoms with Crippen molar-refractivity contribution in [1.82, 2.24) is 40.4 Å². The number of hydrogen-bond donors (Lipinski definition) is 3. The van der Waals surface area contributed by atoms with E-state index in [1.54, 1.807) is 12.4 Å². The van der Waals surface area contributed by atoms with Gasteiger partial charge >= 0.3 is 0 Å². The maximum absolute atomic E-state index is 4.64. The van der Waals surface area contributed by atoms with Gasteiger partial charge in [0.2, 0.25) is 0 Å². The molecule has 0 spiro atoms. The summed E-state index contributed by atoms with van der Waals surface area (Å²) in [4.78, 5) is 21.3. The highest BCUT2D eigenvalue weighted by Gasteiger charge is 2.15. The second kappa shape index (κ2) is 8.49. The summed E-state index contributed by atoms with van der Waals surface area (Å²) in [6.45, 7) is 3.78. The van der Waals surface area contributed by atoms with E-state index >= 15 is 0 Å². The first-order valence-corrected chi connectivity index (χ1v) is 11.2. The van der Waals surface area contributed by atoms with Crippen LogP contribution in [0.5, 0.6) is 0 Å². The van der Waals surface area contributed by atoms with E-state index in [0.29, 0.717) is 0 Å². The summed E-state index contributed by atoms with van der Waals surface area (Å²) in [5.74, 6) is 0. The second-order valence-electron chi connectivity index (χ2n) is 8.09. The van der Waals surface area contributed by atoms with E-state index < -0.39 is 0 Å². The minimum absolute atomic E-state index is 0.777. The van der Waals surface area contributed by atoms with Crippen LogP contribution in [-0.2, 0) is 6.54 Å². The van der Waals surface area contributed by atoms with E-state index in [1.165, 1.54) is 0 Å². The molecule has 0 atom stereocenters. The first kappa shape index (κ1) is 20.2. The predicted octanol–water partition coefficient (Wildman–Crippen LogP) is 4.73. The summed E-state index contributed by atoms with van der Waals surface area (Å²) >= 11 is 0. The summed E-state index contributed by atoms with van der Waals surface area (Å²) in [5.41, 5.74) is 8.53. The minimum Gasteiger partial charge on any atom is -0.353 e. The lowest BCUT2D eigenvalue weighted by atomic mass is 10.1. The molecule has 166 valence electrons. The standard InChI is InChI=1S/C26H22N8/c1-2-27-12-16-9-18(14-29-13-16)22-10-20-24(15-31-22)33-34-26(20)23-11-19-21(32-23)5-8-30-25(19)17-3-6-28-7-4-17/h3-11,13-15,27,32H,2,12H2,1H3,(H,33,34). The molecule has 0 fully saturated rings. The van der Waals surface area contributed by atoms with Crippen molar-refractivity contribution in [3.8, 4) is 33.9 Å². The quantitative estimate of drug-likeness (QED) is 0.341. The molecule has 0 aliphatic rings. The number of aromatic amines is 2. The van der Waals surface area contributed by atoms with Crippen molar-refractivity contribution < 1.29 is 0 Å². The molecule has 8 nitrogen and oxygen atoms in total.